The van der Waals surface area contributed by atoms with Crippen LogP contribution in [0, 0.1) is 10.1 Å². The van der Waals surface area contributed by atoms with Gasteiger partial charge in [0.15, 0.2) is 0 Å². The molecule has 0 bridgehead atoms. The van der Waals surface area contributed by atoms with Crippen molar-refractivity contribution in [3.05, 3.63) is 33.9 Å². The third-order valence-electron chi connectivity index (χ3n) is 1.85. The molecule has 5 nitrogen and oxygen atoms in total. The second-order valence-corrected chi connectivity index (χ2v) is 3.13. The van der Waals surface area contributed by atoms with E-state index in [-0.39, 0.29) is 17.8 Å². The van der Waals surface area contributed by atoms with E-state index in [1.165, 1.54) is 7.05 Å². The first-order valence-electron chi connectivity index (χ1n) is 4.51. The van der Waals surface area contributed by atoms with Crippen molar-refractivity contribution in [1.82, 2.24) is 5.32 Å². The molecule has 0 atom stereocenters. The predicted molar refractivity (Wildman–Crippen MR) is 52.5 cm³/mol. The maximum Gasteiger partial charge on any atom is 0.573 e. The Balaban J connectivity index is 3.08. The summed E-state index contributed by atoms with van der Waals surface area (Å²) < 4.78 is 39.9. The molecule has 0 spiro atoms. The molecule has 0 amide bonds. The maximum atomic E-state index is 12.0. The minimum absolute atomic E-state index is 0.0348. The lowest BCUT2D eigenvalue weighted by atomic mass is 10.2. The predicted octanol–water partition coefficient (Wildman–Crippen LogP) is 2.21. The Bertz CT molecular complexity index is 420. The average molecular weight is 250 g/mol. The van der Waals surface area contributed by atoms with E-state index in [2.05, 4.69) is 10.1 Å². The number of non-ortho nitro benzene ring substituents is 1. The molecule has 0 heterocycles. The van der Waals surface area contributed by atoms with Crippen LogP contribution in [0.1, 0.15) is 5.56 Å². The zero-order chi connectivity index (χ0) is 13.1. The summed E-state index contributed by atoms with van der Waals surface area (Å²) in [5.74, 6) is -0.447. The summed E-state index contributed by atoms with van der Waals surface area (Å²) in [6.45, 7) is 0.0348. The van der Waals surface area contributed by atoms with Gasteiger partial charge < -0.3 is 10.1 Å². The van der Waals surface area contributed by atoms with E-state index in [9.17, 15) is 23.3 Å². The SMILES string of the molecule is CNCc1cc([N+](=O)[O-])ccc1OC(F)(F)F. The number of nitrogens with zero attached hydrogens (tertiary/aromatic N) is 1. The van der Waals surface area contributed by atoms with Crippen LogP contribution in [-0.4, -0.2) is 18.3 Å². The zero-order valence-electron chi connectivity index (χ0n) is 8.75. The Hall–Kier alpha value is -1.83. The van der Waals surface area contributed by atoms with E-state index < -0.39 is 17.0 Å². The first-order valence-corrected chi connectivity index (χ1v) is 4.51. The van der Waals surface area contributed by atoms with Crippen LogP contribution in [0.5, 0.6) is 5.75 Å². The fourth-order valence-corrected chi connectivity index (χ4v) is 1.23. The monoisotopic (exact) mass is 250 g/mol. The van der Waals surface area contributed by atoms with Crippen molar-refractivity contribution < 1.29 is 22.8 Å². The number of nitro benzene ring substituents is 1. The standard InChI is InChI=1S/C9H9F3N2O3/c1-13-5-6-4-7(14(15)16)2-3-8(6)17-9(10,11)12/h2-4,13H,5H2,1H3. The molecule has 0 aliphatic heterocycles. The number of nitro groups is 1. The summed E-state index contributed by atoms with van der Waals surface area (Å²) in [5.41, 5.74) is -0.219. The van der Waals surface area contributed by atoms with E-state index in [4.69, 9.17) is 0 Å². The molecule has 1 N–H and O–H groups in total. The Morgan fingerprint density at radius 1 is 1.47 bits per heavy atom. The van der Waals surface area contributed by atoms with Crippen LogP contribution in [-0.2, 0) is 6.54 Å². The molecule has 0 saturated heterocycles. The van der Waals surface area contributed by atoms with E-state index >= 15 is 0 Å². The smallest absolute Gasteiger partial charge is 0.405 e. The highest BCUT2D eigenvalue weighted by molar-refractivity contribution is 5.43. The lowest BCUT2D eigenvalue weighted by molar-refractivity contribution is -0.385. The van der Waals surface area contributed by atoms with Crippen LogP contribution in [0.25, 0.3) is 0 Å². The normalized spacial score (nSPS) is 11.3. The second kappa shape index (κ2) is 5.00. The number of hydrogen-bond donors (Lipinski definition) is 1. The van der Waals surface area contributed by atoms with Crippen LogP contribution in [0.15, 0.2) is 18.2 Å². The van der Waals surface area contributed by atoms with E-state index in [1.54, 1.807) is 0 Å². The average Bonchev–Trinajstić information content (AvgIpc) is 2.18. The van der Waals surface area contributed by atoms with Gasteiger partial charge in [0.1, 0.15) is 5.75 Å². The van der Waals surface area contributed by atoms with Gasteiger partial charge in [-0.25, -0.2) is 0 Å². The highest BCUT2D eigenvalue weighted by atomic mass is 19.4. The molecule has 0 unspecified atom stereocenters. The van der Waals surface area contributed by atoms with Crippen molar-refractivity contribution in [3.63, 3.8) is 0 Å². The minimum Gasteiger partial charge on any atom is -0.405 e. The molecule has 17 heavy (non-hydrogen) atoms. The number of benzene rings is 1. The summed E-state index contributed by atoms with van der Waals surface area (Å²) in [4.78, 5) is 9.79. The van der Waals surface area contributed by atoms with E-state index in [1.807, 2.05) is 0 Å². The van der Waals surface area contributed by atoms with Gasteiger partial charge in [-0.3, -0.25) is 10.1 Å². The summed E-state index contributed by atoms with van der Waals surface area (Å²) in [7, 11) is 1.51. The van der Waals surface area contributed by atoms with E-state index in [0.29, 0.717) is 0 Å². The van der Waals surface area contributed by atoms with Gasteiger partial charge in [-0.15, -0.1) is 13.2 Å². The first-order chi connectivity index (χ1) is 7.83. The molecular formula is C9H9F3N2O3. The fraction of sp³-hybridized carbons (Fsp3) is 0.333. The summed E-state index contributed by atoms with van der Waals surface area (Å²) in [6.07, 6.45) is -4.82. The molecule has 0 aromatic heterocycles. The molecular weight excluding hydrogens is 241 g/mol. The Kier molecular flexibility index (Phi) is 3.89. The van der Waals surface area contributed by atoms with Gasteiger partial charge in [0.2, 0.25) is 0 Å². The van der Waals surface area contributed by atoms with Crippen LogP contribution < -0.4 is 10.1 Å². The third-order valence-corrected chi connectivity index (χ3v) is 1.85. The molecule has 0 fully saturated rings. The molecule has 94 valence electrons. The van der Waals surface area contributed by atoms with E-state index in [0.717, 1.165) is 18.2 Å². The minimum atomic E-state index is -4.82. The van der Waals surface area contributed by atoms with Crippen molar-refractivity contribution in [3.8, 4) is 5.75 Å². The van der Waals surface area contributed by atoms with Crippen LogP contribution in [0.3, 0.4) is 0 Å². The number of rotatable bonds is 4. The van der Waals surface area contributed by atoms with Crippen LogP contribution in [0.2, 0.25) is 0 Å². The van der Waals surface area contributed by atoms with Crippen molar-refractivity contribution in [1.29, 1.82) is 0 Å². The molecule has 0 saturated carbocycles. The number of halogens is 3. The number of hydrogen-bond acceptors (Lipinski definition) is 4. The van der Waals surface area contributed by atoms with Gasteiger partial charge in [0.05, 0.1) is 4.92 Å². The molecule has 0 aliphatic rings. The Morgan fingerprint density at radius 2 is 2.12 bits per heavy atom. The molecule has 0 aliphatic carbocycles. The maximum absolute atomic E-state index is 12.0. The van der Waals surface area contributed by atoms with Crippen LogP contribution in [0.4, 0.5) is 18.9 Å². The summed E-state index contributed by atoms with van der Waals surface area (Å²) in [6, 6.07) is 2.93. The van der Waals surface area contributed by atoms with Gasteiger partial charge in [-0.2, -0.15) is 0 Å². The fourth-order valence-electron chi connectivity index (χ4n) is 1.23. The van der Waals surface area contributed by atoms with Crippen molar-refractivity contribution in [2.45, 2.75) is 12.9 Å². The van der Waals surface area contributed by atoms with Gasteiger partial charge in [-0.05, 0) is 13.1 Å². The Morgan fingerprint density at radius 3 is 2.59 bits per heavy atom. The summed E-state index contributed by atoms with van der Waals surface area (Å²) in [5, 5.41) is 13.1. The topological polar surface area (TPSA) is 64.4 Å². The van der Waals surface area contributed by atoms with Gasteiger partial charge in [0.25, 0.3) is 5.69 Å². The molecule has 1 aromatic carbocycles. The van der Waals surface area contributed by atoms with Crippen LogP contribution >= 0.6 is 0 Å². The number of nitrogens with one attached hydrogen (secondary N) is 1. The first kappa shape index (κ1) is 13.2. The second-order valence-electron chi connectivity index (χ2n) is 3.13. The summed E-state index contributed by atoms with van der Waals surface area (Å²) >= 11 is 0. The quantitative estimate of drug-likeness (QED) is 0.657. The van der Waals surface area contributed by atoms with Crippen molar-refractivity contribution >= 4 is 5.69 Å². The zero-order valence-corrected chi connectivity index (χ0v) is 8.75. The third kappa shape index (κ3) is 3.91. The molecule has 1 rings (SSSR count). The number of ether oxygens (including phenoxy) is 1. The highest BCUT2D eigenvalue weighted by Gasteiger charge is 2.32. The molecule has 0 radical (unpaired) electrons. The Labute approximate surface area is 94.3 Å². The lowest BCUT2D eigenvalue weighted by Crippen LogP contribution is -2.19. The van der Waals surface area contributed by atoms with Gasteiger partial charge >= 0.3 is 6.36 Å². The molecule has 1 aromatic rings. The van der Waals surface area contributed by atoms with Crippen molar-refractivity contribution in [2.75, 3.05) is 7.05 Å². The lowest BCUT2D eigenvalue weighted by Gasteiger charge is -2.12. The largest absolute Gasteiger partial charge is 0.573 e. The van der Waals surface area contributed by atoms with Crippen molar-refractivity contribution in [2.24, 2.45) is 0 Å². The molecule has 8 heteroatoms. The van der Waals surface area contributed by atoms with Gasteiger partial charge in [-0.1, -0.05) is 0 Å². The van der Waals surface area contributed by atoms with Gasteiger partial charge in [0, 0.05) is 24.2 Å². The highest BCUT2D eigenvalue weighted by Crippen LogP contribution is 2.29. The number of alkyl halides is 3.